The standard InChI is InChI=1S/C13H14N4O3S.ClH/c1-21-8-3-4-10(17(18)19)9(7-8)11-15-12(16-20-11)13(14)5-2-6-13;/h3-4,7H,2,5-6,14H2,1H3;1H. The van der Waals surface area contributed by atoms with E-state index in [0.29, 0.717) is 11.4 Å². The van der Waals surface area contributed by atoms with Crippen LogP contribution in [0.4, 0.5) is 5.69 Å². The fourth-order valence-corrected chi connectivity index (χ4v) is 2.73. The van der Waals surface area contributed by atoms with Crippen LogP contribution >= 0.6 is 24.2 Å². The van der Waals surface area contributed by atoms with E-state index in [4.69, 9.17) is 10.3 Å². The molecule has 0 atom stereocenters. The molecule has 0 saturated heterocycles. The van der Waals surface area contributed by atoms with Crippen LogP contribution in [0.25, 0.3) is 11.5 Å². The minimum atomic E-state index is -0.548. The molecule has 1 aromatic heterocycles. The number of halogens is 1. The van der Waals surface area contributed by atoms with Crippen molar-refractivity contribution in [1.29, 1.82) is 0 Å². The van der Waals surface area contributed by atoms with Crippen LogP contribution < -0.4 is 5.73 Å². The van der Waals surface area contributed by atoms with Gasteiger partial charge in [-0.3, -0.25) is 10.1 Å². The van der Waals surface area contributed by atoms with E-state index in [2.05, 4.69) is 10.1 Å². The molecule has 1 saturated carbocycles. The summed E-state index contributed by atoms with van der Waals surface area (Å²) in [5.74, 6) is 0.567. The molecule has 0 radical (unpaired) electrons. The Morgan fingerprint density at radius 1 is 1.45 bits per heavy atom. The molecule has 0 amide bonds. The van der Waals surface area contributed by atoms with Gasteiger partial charge in [-0.25, -0.2) is 0 Å². The van der Waals surface area contributed by atoms with Gasteiger partial charge in [-0.2, -0.15) is 4.98 Å². The Hall–Kier alpha value is -1.64. The Labute approximate surface area is 137 Å². The van der Waals surface area contributed by atoms with Gasteiger partial charge in [-0.15, -0.1) is 24.2 Å². The SMILES string of the molecule is CSc1ccc([N+](=O)[O-])c(-c2nc(C3(N)CCC3)no2)c1.Cl. The van der Waals surface area contributed by atoms with Crippen LogP contribution in [0.1, 0.15) is 25.1 Å². The normalized spacial score (nSPS) is 15.7. The first kappa shape index (κ1) is 16.7. The van der Waals surface area contributed by atoms with Crippen LogP contribution in [0.3, 0.4) is 0 Å². The predicted molar refractivity (Wildman–Crippen MR) is 85.1 cm³/mol. The van der Waals surface area contributed by atoms with Gasteiger partial charge in [0.05, 0.1) is 10.5 Å². The molecule has 0 spiro atoms. The van der Waals surface area contributed by atoms with Gasteiger partial charge in [0.1, 0.15) is 5.56 Å². The lowest BCUT2D eigenvalue weighted by Crippen LogP contribution is -2.44. The molecule has 22 heavy (non-hydrogen) atoms. The number of hydrogen-bond acceptors (Lipinski definition) is 7. The third kappa shape index (κ3) is 2.81. The average molecular weight is 343 g/mol. The van der Waals surface area contributed by atoms with E-state index >= 15 is 0 Å². The predicted octanol–water partition coefficient (Wildman–Crippen LogP) is 3.13. The lowest BCUT2D eigenvalue weighted by molar-refractivity contribution is -0.384. The molecular weight excluding hydrogens is 328 g/mol. The quantitative estimate of drug-likeness (QED) is 0.516. The zero-order valence-corrected chi connectivity index (χ0v) is 13.4. The Morgan fingerprint density at radius 3 is 2.73 bits per heavy atom. The topological polar surface area (TPSA) is 108 Å². The number of hydrogen-bond donors (Lipinski definition) is 1. The van der Waals surface area contributed by atoms with Crippen LogP contribution in [0, 0.1) is 10.1 Å². The first-order chi connectivity index (χ1) is 10.0. The fraction of sp³-hybridized carbons (Fsp3) is 0.385. The van der Waals surface area contributed by atoms with E-state index in [1.54, 1.807) is 12.1 Å². The molecule has 1 heterocycles. The van der Waals surface area contributed by atoms with Crippen LogP contribution in [-0.4, -0.2) is 21.3 Å². The van der Waals surface area contributed by atoms with Gasteiger partial charge >= 0.3 is 0 Å². The highest BCUT2D eigenvalue weighted by atomic mass is 35.5. The van der Waals surface area contributed by atoms with Crippen molar-refractivity contribution in [3.63, 3.8) is 0 Å². The highest BCUT2D eigenvalue weighted by molar-refractivity contribution is 7.98. The highest BCUT2D eigenvalue weighted by Crippen LogP contribution is 2.39. The molecule has 3 rings (SSSR count). The first-order valence-electron chi connectivity index (χ1n) is 6.49. The van der Waals surface area contributed by atoms with Crippen LogP contribution in [0.5, 0.6) is 0 Å². The number of nitrogens with two attached hydrogens (primary N) is 1. The number of nitro benzene ring substituents is 1. The molecule has 9 heteroatoms. The van der Waals surface area contributed by atoms with Crippen LogP contribution in [0.2, 0.25) is 0 Å². The lowest BCUT2D eigenvalue weighted by atomic mass is 9.77. The summed E-state index contributed by atoms with van der Waals surface area (Å²) in [4.78, 5) is 15.9. The Bertz CT molecular complexity index is 702. The molecule has 0 bridgehead atoms. The summed E-state index contributed by atoms with van der Waals surface area (Å²) < 4.78 is 5.21. The number of benzene rings is 1. The summed E-state index contributed by atoms with van der Waals surface area (Å²) in [6.07, 6.45) is 4.54. The third-order valence-corrected chi connectivity index (χ3v) is 4.47. The van der Waals surface area contributed by atoms with Gasteiger partial charge in [-0.05, 0) is 37.7 Å². The third-order valence-electron chi connectivity index (χ3n) is 3.75. The number of thioether (sulfide) groups is 1. The summed E-state index contributed by atoms with van der Waals surface area (Å²) in [7, 11) is 0. The van der Waals surface area contributed by atoms with E-state index in [-0.39, 0.29) is 24.0 Å². The Kier molecular flexibility index (Phi) is 4.74. The van der Waals surface area contributed by atoms with Crippen molar-refractivity contribution in [2.75, 3.05) is 6.26 Å². The van der Waals surface area contributed by atoms with Crippen LogP contribution in [-0.2, 0) is 5.54 Å². The Morgan fingerprint density at radius 2 is 2.18 bits per heavy atom. The highest BCUT2D eigenvalue weighted by Gasteiger charge is 2.39. The number of nitrogens with zero attached hydrogens (tertiary/aromatic N) is 3. The second-order valence-electron chi connectivity index (χ2n) is 5.07. The lowest BCUT2D eigenvalue weighted by Gasteiger charge is -2.34. The van der Waals surface area contributed by atoms with Gasteiger partial charge in [0.15, 0.2) is 5.82 Å². The second kappa shape index (κ2) is 6.23. The van der Waals surface area contributed by atoms with Crippen molar-refractivity contribution in [1.82, 2.24) is 10.1 Å². The molecule has 1 aromatic carbocycles. The molecule has 2 aromatic rings. The maximum atomic E-state index is 11.1. The molecule has 1 fully saturated rings. The molecule has 118 valence electrons. The second-order valence-corrected chi connectivity index (χ2v) is 5.95. The van der Waals surface area contributed by atoms with E-state index in [1.807, 2.05) is 6.26 Å². The van der Waals surface area contributed by atoms with Gasteiger partial charge in [0.25, 0.3) is 11.6 Å². The summed E-state index contributed by atoms with van der Waals surface area (Å²) in [6.45, 7) is 0. The monoisotopic (exact) mass is 342 g/mol. The molecule has 7 nitrogen and oxygen atoms in total. The van der Waals surface area contributed by atoms with Gasteiger partial charge in [0.2, 0.25) is 0 Å². The number of aromatic nitrogens is 2. The van der Waals surface area contributed by atoms with Crippen molar-refractivity contribution < 1.29 is 9.45 Å². The maximum Gasteiger partial charge on any atom is 0.282 e. The van der Waals surface area contributed by atoms with Gasteiger partial charge in [-0.1, -0.05) is 5.16 Å². The summed E-state index contributed by atoms with van der Waals surface area (Å²) >= 11 is 1.49. The Balaban J connectivity index is 0.00000176. The smallest absolute Gasteiger partial charge is 0.282 e. The van der Waals surface area contributed by atoms with E-state index in [1.165, 1.54) is 17.8 Å². The molecule has 1 aliphatic rings. The molecule has 1 aliphatic carbocycles. The van der Waals surface area contributed by atoms with E-state index in [0.717, 1.165) is 24.2 Å². The van der Waals surface area contributed by atoms with Crippen molar-refractivity contribution in [3.8, 4) is 11.5 Å². The summed E-state index contributed by atoms with van der Waals surface area (Å²) in [5.41, 5.74) is 5.87. The largest absolute Gasteiger partial charge is 0.334 e. The average Bonchev–Trinajstić information content (AvgIpc) is 2.94. The zero-order chi connectivity index (χ0) is 15.0. The van der Waals surface area contributed by atoms with Crippen molar-refractivity contribution in [2.45, 2.75) is 29.7 Å². The zero-order valence-electron chi connectivity index (χ0n) is 11.8. The maximum absolute atomic E-state index is 11.1. The van der Waals surface area contributed by atoms with Gasteiger partial charge < -0.3 is 10.3 Å². The van der Waals surface area contributed by atoms with E-state index in [9.17, 15) is 10.1 Å². The first-order valence-corrected chi connectivity index (χ1v) is 7.72. The molecule has 2 N–H and O–H groups in total. The fourth-order valence-electron chi connectivity index (χ4n) is 2.29. The molecular formula is C13H15ClN4O3S. The minimum Gasteiger partial charge on any atom is -0.334 e. The van der Waals surface area contributed by atoms with Crippen molar-refractivity contribution in [2.24, 2.45) is 5.73 Å². The molecule has 0 aliphatic heterocycles. The van der Waals surface area contributed by atoms with E-state index < -0.39 is 10.5 Å². The van der Waals surface area contributed by atoms with Gasteiger partial charge in [0, 0.05) is 11.0 Å². The summed E-state index contributed by atoms with van der Waals surface area (Å²) in [5, 5.41) is 15.1. The summed E-state index contributed by atoms with van der Waals surface area (Å²) in [6, 6.07) is 4.83. The minimum absolute atomic E-state index is 0. The van der Waals surface area contributed by atoms with Crippen LogP contribution in [0.15, 0.2) is 27.6 Å². The van der Waals surface area contributed by atoms with Crippen molar-refractivity contribution in [3.05, 3.63) is 34.1 Å². The number of nitro groups is 1. The molecule has 0 unspecified atom stereocenters. The van der Waals surface area contributed by atoms with Crippen molar-refractivity contribution >= 4 is 29.9 Å². The number of rotatable bonds is 4.